The molecule has 0 N–H and O–H groups in total. The Kier molecular flexibility index (Phi) is 8.06. The highest BCUT2D eigenvalue weighted by atomic mass is 35.5. The highest BCUT2D eigenvalue weighted by molar-refractivity contribution is 6.31. The summed E-state index contributed by atoms with van der Waals surface area (Å²) < 4.78 is 12.6. The van der Waals surface area contributed by atoms with Crippen LogP contribution in [0.3, 0.4) is 0 Å². The van der Waals surface area contributed by atoms with Crippen molar-refractivity contribution in [3.05, 3.63) is 86.8 Å². The number of ether oxygens (including phenoxy) is 2. The molecule has 2 aliphatic heterocycles. The Bertz CT molecular complexity index is 1630. The molecule has 1 aromatic heterocycles. The van der Waals surface area contributed by atoms with Gasteiger partial charge in [0.25, 0.3) is 5.56 Å². The normalized spacial score (nSPS) is 16.2. The number of oxime groups is 1. The summed E-state index contributed by atoms with van der Waals surface area (Å²) in [4.78, 5) is 43.6. The number of carbonyl (C=O) groups excluding carboxylic acids is 2. The Balaban J connectivity index is 1.50. The Morgan fingerprint density at radius 2 is 1.93 bits per heavy atom. The third-order valence-electron chi connectivity index (χ3n) is 7.79. The van der Waals surface area contributed by atoms with Gasteiger partial charge >= 0.3 is 5.97 Å². The summed E-state index contributed by atoms with van der Waals surface area (Å²) in [6, 6.07) is 14.8. The number of nitriles is 1. The molecule has 0 radical (unpaired) electrons. The van der Waals surface area contributed by atoms with Gasteiger partial charge in [-0.3, -0.25) is 9.59 Å². The van der Waals surface area contributed by atoms with Crippen LogP contribution >= 0.6 is 11.6 Å². The van der Waals surface area contributed by atoms with Crippen molar-refractivity contribution in [2.45, 2.75) is 38.6 Å². The zero-order valence-corrected chi connectivity index (χ0v) is 23.4. The Hall–Kier alpha value is -4.26. The van der Waals surface area contributed by atoms with Gasteiger partial charge in [0.15, 0.2) is 5.78 Å². The minimum Gasteiger partial charge on any atom is -0.495 e. The lowest BCUT2D eigenvalue weighted by atomic mass is 9.76. The minimum atomic E-state index is -0.769. The summed E-state index contributed by atoms with van der Waals surface area (Å²) in [6.45, 7) is 3.09. The molecule has 3 aromatic rings. The van der Waals surface area contributed by atoms with Crippen molar-refractivity contribution in [1.82, 2.24) is 4.57 Å². The van der Waals surface area contributed by atoms with Gasteiger partial charge in [-0.25, -0.2) is 4.79 Å². The number of Topliss-reactive ketones (excluding diaryl/α,β-unsaturated/α-hetero) is 1. The van der Waals surface area contributed by atoms with Crippen LogP contribution in [0.15, 0.2) is 64.7 Å². The van der Waals surface area contributed by atoms with Gasteiger partial charge in [0, 0.05) is 34.1 Å². The minimum absolute atomic E-state index is 0.0941. The van der Waals surface area contributed by atoms with Gasteiger partial charge < -0.3 is 18.9 Å². The zero-order valence-electron chi connectivity index (χ0n) is 22.7. The van der Waals surface area contributed by atoms with E-state index in [0.29, 0.717) is 52.8 Å². The standard InChI is InChI=1S/C31H28ClN3O6/c1-3-31(17-40-18-31)14-26(27(36)10-19-4-6-20(7-5-19)25-13-30(38)41-34-25)35-16-28(39-2)24(12-29(35)37)23-11-22(32)9-8-21(23)15-33/h4-9,11-12,16,26H,3,10,13-14,17-18H2,1-2H3. The largest absolute Gasteiger partial charge is 0.495 e. The van der Waals surface area contributed by atoms with Crippen LogP contribution in [0.4, 0.5) is 0 Å². The van der Waals surface area contributed by atoms with Gasteiger partial charge in [-0.2, -0.15) is 5.26 Å². The smallest absolute Gasteiger partial charge is 0.341 e. The van der Waals surface area contributed by atoms with E-state index in [2.05, 4.69) is 23.0 Å². The van der Waals surface area contributed by atoms with Crippen LogP contribution in [0, 0.1) is 16.7 Å². The summed E-state index contributed by atoms with van der Waals surface area (Å²) >= 11 is 6.21. The Labute approximate surface area is 241 Å². The van der Waals surface area contributed by atoms with Crippen molar-refractivity contribution in [3.63, 3.8) is 0 Å². The van der Waals surface area contributed by atoms with Crippen molar-refractivity contribution in [2.75, 3.05) is 20.3 Å². The predicted octanol–water partition coefficient (Wildman–Crippen LogP) is 4.87. The molecule has 2 aromatic carbocycles. The maximum Gasteiger partial charge on any atom is 0.341 e. The number of methoxy groups -OCH3 is 1. The third-order valence-corrected chi connectivity index (χ3v) is 8.03. The molecule has 9 nitrogen and oxygen atoms in total. The number of pyridine rings is 1. The number of ketones is 1. The monoisotopic (exact) mass is 573 g/mol. The summed E-state index contributed by atoms with van der Waals surface area (Å²) in [5, 5.41) is 13.8. The second kappa shape index (κ2) is 11.7. The molecule has 0 saturated carbocycles. The molecular formula is C31H28ClN3O6. The zero-order chi connectivity index (χ0) is 29.1. The number of nitrogens with zero attached hydrogens (tertiary/aromatic N) is 3. The van der Waals surface area contributed by atoms with Crippen LogP contribution in [-0.4, -0.2) is 42.4 Å². The van der Waals surface area contributed by atoms with E-state index in [1.807, 2.05) is 12.1 Å². The van der Waals surface area contributed by atoms with Gasteiger partial charge in [-0.05, 0) is 42.2 Å². The van der Waals surface area contributed by atoms with Crippen LogP contribution in [0.25, 0.3) is 11.1 Å². The van der Waals surface area contributed by atoms with E-state index in [1.54, 1.807) is 36.5 Å². The average Bonchev–Trinajstić information content (AvgIpc) is 3.39. The van der Waals surface area contributed by atoms with Crippen LogP contribution in [-0.2, 0) is 25.6 Å². The molecule has 1 saturated heterocycles. The molecule has 1 atom stereocenters. The van der Waals surface area contributed by atoms with E-state index in [0.717, 1.165) is 17.5 Å². The molecule has 0 bridgehead atoms. The number of benzene rings is 2. The number of halogens is 1. The Morgan fingerprint density at radius 3 is 2.51 bits per heavy atom. The van der Waals surface area contributed by atoms with E-state index in [9.17, 15) is 19.6 Å². The molecule has 41 heavy (non-hydrogen) atoms. The maximum atomic E-state index is 13.9. The lowest BCUT2D eigenvalue weighted by Gasteiger charge is -2.43. The molecule has 210 valence electrons. The van der Waals surface area contributed by atoms with E-state index >= 15 is 0 Å². The first-order valence-corrected chi connectivity index (χ1v) is 13.6. The topological polar surface area (TPSA) is 120 Å². The van der Waals surface area contributed by atoms with Crippen molar-refractivity contribution < 1.29 is 23.9 Å². The molecule has 10 heteroatoms. The summed E-state index contributed by atoms with van der Waals surface area (Å²) in [5.74, 6) is -0.195. The second-order valence-corrected chi connectivity index (χ2v) is 10.8. The second-order valence-electron chi connectivity index (χ2n) is 10.4. The van der Waals surface area contributed by atoms with Crippen LogP contribution in [0.2, 0.25) is 5.02 Å². The number of hydrogen-bond acceptors (Lipinski definition) is 8. The third kappa shape index (κ3) is 5.80. The highest BCUT2D eigenvalue weighted by Crippen LogP contribution is 2.40. The maximum absolute atomic E-state index is 13.9. The SMILES string of the molecule is CCC1(CC(C(=O)Cc2ccc(C3=NOC(=O)C3)cc2)n2cc(OC)c(-c3cc(Cl)ccc3C#N)cc2=O)COC1. The number of aromatic nitrogens is 1. The highest BCUT2D eigenvalue weighted by Gasteiger charge is 2.41. The molecule has 0 spiro atoms. The molecule has 3 heterocycles. The average molecular weight is 574 g/mol. The first-order valence-electron chi connectivity index (χ1n) is 13.2. The van der Waals surface area contributed by atoms with E-state index in [1.165, 1.54) is 17.7 Å². The molecule has 1 fully saturated rings. The van der Waals surface area contributed by atoms with E-state index in [4.69, 9.17) is 21.1 Å². The number of hydrogen-bond donors (Lipinski definition) is 0. The lowest BCUT2D eigenvalue weighted by molar-refractivity contribution is -0.140. The van der Waals surface area contributed by atoms with E-state index < -0.39 is 17.6 Å². The van der Waals surface area contributed by atoms with Gasteiger partial charge in [0.05, 0.1) is 56.3 Å². The first kappa shape index (κ1) is 28.3. The van der Waals surface area contributed by atoms with E-state index in [-0.39, 0.29) is 24.0 Å². The summed E-state index contributed by atoms with van der Waals surface area (Å²) in [6.07, 6.45) is 2.97. The molecule has 0 amide bonds. The van der Waals surface area contributed by atoms with Gasteiger partial charge in [0.2, 0.25) is 0 Å². The predicted molar refractivity (Wildman–Crippen MR) is 152 cm³/mol. The van der Waals surface area contributed by atoms with Crippen molar-refractivity contribution in [1.29, 1.82) is 5.26 Å². The fraction of sp³-hybridized carbons (Fsp3) is 0.323. The van der Waals surface area contributed by atoms with Crippen molar-refractivity contribution in [2.24, 2.45) is 10.6 Å². The fourth-order valence-corrected chi connectivity index (χ4v) is 5.38. The molecule has 2 aliphatic rings. The molecule has 5 rings (SSSR count). The summed E-state index contributed by atoms with van der Waals surface area (Å²) in [5.41, 5.74) is 2.67. The number of carbonyl (C=O) groups is 2. The quantitative estimate of drug-likeness (QED) is 0.317. The van der Waals surface area contributed by atoms with Gasteiger partial charge in [0.1, 0.15) is 5.75 Å². The van der Waals surface area contributed by atoms with Gasteiger partial charge in [-0.1, -0.05) is 47.9 Å². The van der Waals surface area contributed by atoms with Crippen LogP contribution < -0.4 is 10.3 Å². The van der Waals surface area contributed by atoms with Crippen molar-refractivity contribution in [3.8, 4) is 22.9 Å². The van der Waals surface area contributed by atoms with Crippen molar-refractivity contribution >= 4 is 29.1 Å². The number of rotatable bonds is 10. The Morgan fingerprint density at radius 1 is 1.17 bits per heavy atom. The molecule has 0 aliphatic carbocycles. The van der Waals surface area contributed by atoms with Gasteiger partial charge in [-0.15, -0.1) is 0 Å². The van der Waals surface area contributed by atoms with Crippen LogP contribution in [0.5, 0.6) is 5.75 Å². The molecule has 1 unspecified atom stereocenters. The van der Waals surface area contributed by atoms with Crippen LogP contribution in [0.1, 0.15) is 48.9 Å². The molecular weight excluding hydrogens is 546 g/mol. The fourth-order valence-electron chi connectivity index (χ4n) is 5.21. The summed E-state index contributed by atoms with van der Waals surface area (Å²) in [7, 11) is 1.48. The first-order chi connectivity index (χ1) is 19.8. The lowest BCUT2D eigenvalue weighted by Crippen LogP contribution is -2.46.